The number of hydrogen-bond acceptors (Lipinski definition) is 4. The zero-order valence-corrected chi connectivity index (χ0v) is 19.6. The molecule has 0 unspecified atom stereocenters. The van der Waals surface area contributed by atoms with Crippen LogP contribution < -0.4 is 16.1 Å². The van der Waals surface area contributed by atoms with Gasteiger partial charge in [-0.15, -0.1) is 0 Å². The minimum absolute atomic E-state index is 0.101. The van der Waals surface area contributed by atoms with Gasteiger partial charge in [0, 0.05) is 35.5 Å². The van der Waals surface area contributed by atoms with Crippen LogP contribution in [0, 0.1) is 13.8 Å². The van der Waals surface area contributed by atoms with Crippen molar-refractivity contribution < 1.29 is 14.0 Å². The molecule has 0 spiro atoms. The maximum Gasteiger partial charge on any atom is 0.255 e. The van der Waals surface area contributed by atoms with Crippen LogP contribution in [-0.4, -0.2) is 11.8 Å². The first kappa shape index (κ1) is 23.0. The highest BCUT2D eigenvalue weighted by Gasteiger charge is 2.13. The Kier molecular flexibility index (Phi) is 6.32. The molecule has 2 amide bonds. The average Bonchev–Trinajstić information content (AvgIpc) is 2.79. The highest BCUT2D eigenvalue weighted by molar-refractivity contribution is 6.05. The number of carbonyl (C=O) groups excluding carboxylic acids is 2. The van der Waals surface area contributed by atoms with Crippen LogP contribution in [-0.2, 0) is 11.2 Å². The van der Waals surface area contributed by atoms with E-state index in [0.29, 0.717) is 39.2 Å². The molecule has 0 saturated heterocycles. The summed E-state index contributed by atoms with van der Waals surface area (Å²) in [5.41, 5.74) is 5.77. The summed E-state index contributed by atoms with van der Waals surface area (Å²) in [7, 11) is 0. The molecule has 1 aromatic heterocycles. The molecule has 172 valence electrons. The molecule has 4 rings (SSSR count). The van der Waals surface area contributed by atoms with Gasteiger partial charge in [-0.3, -0.25) is 14.4 Å². The third kappa shape index (κ3) is 4.76. The molecule has 6 nitrogen and oxygen atoms in total. The van der Waals surface area contributed by atoms with E-state index in [1.54, 1.807) is 30.3 Å². The fourth-order valence-corrected chi connectivity index (χ4v) is 4.01. The Labute approximate surface area is 197 Å². The number of carbonyl (C=O) groups is 2. The second-order valence-electron chi connectivity index (χ2n) is 8.37. The van der Waals surface area contributed by atoms with Crippen LogP contribution >= 0.6 is 0 Å². The molecule has 0 bridgehead atoms. The SMILES string of the molecule is CCc1ccc(NC(C)=O)cc1NC(=O)c1ccc(-c2cc(=O)c3cc(C)cc(C)c3o2)cc1. The molecule has 3 aromatic carbocycles. The molecule has 0 fully saturated rings. The molecule has 4 aromatic rings. The molecule has 0 aliphatic carbocycles. The van der Waals surface area contributed by atoms with Crippen molar-refractivity contribution in [3.05, 3.63) is 93.1 Å². The van der Waals surface area contributed by atoms with Gasteiger partial charge in [0.25, 0.3) is 5.91 Å². The number of benzene rings is 3. The van der Waals surface area contributed by atoms with Crippen molar-refractivity contribution in [3.8, 4) is 11.3 Å². The highest BCUT2D eigenvalue weighted by Crippen LogP contribution is 2.26. The van der Waals surface area contributed by atoms with E-state index in [4.69, 9.17) is 4.42 Å². The lowest BCUT2D eigenvalue weighted by atomic mass is 10.0. The predicted octanol–water partition coefficient (Wildman–Crippen LogP) is 5.85. The number of aryl methyl sites for hydroxylation is 3. The molecule has 0 aliphatic rings. The van der Waals surface area contributed by atoms with Crippen LogP contribution in [0.1, 0.15) is 40.9 Å². The molecule has 0 saturated carbocycles. The Bertz CT molecular complexity index is 1470. The fourth-order valence-electron chi connectivity index (χ4n) is 4.01. The third-order valence-corrected chi connectivity index (χ3v) is 5.65. The van der Waals surface area contributed by atoms with Crippen molar-refractivity contribution in [2.24, 2.45) is 0 Å². The Balaban J connectivity index is 1.61. The summed E-state index contributed by atoms with van der Waals surface area (Å²) in [5.74, 6) is 0.00276. The van der Waals surface area contributed by atoms with Gasteiger partial charge in [0.05, 0.1) is 5.39 Å². The van der Waals surface area contributed by atoms with Crippen LogP contribution in [0.2, 0.25) is 0 Å². The van der Waals surface area contributed by atoms with Crippen molar-refractivity contribution in [3.63, 3.8) is 0 Å². The molecule has 1 heterocycles. The van der Waals surface area contributed by atoms with Gasteiger partial charge in [-0.1, -0.05) is 31.2 Å². The Morgan fingerprint density at radius 1 is 0.912 bits per heavy atom. The maximum absolute atomic E-state index is 12.9. The topological polar surface area (TPSA) is 88.4 Å². The van der Waals surface area contributed by atoms with Gasteiger partial charge in [-0.05, 0) is 67.3 Å². The van der Waals surface area contributed by atoms with Gasteiger partial charge < -0.3 is 15.1 Å². The molecular weight excluding hydrogens is 428 g/mol. The van der Waals surface area contributed by atoms with Crippen LogP contribution in [0.5, 0.6) is 0 Å². The summed E-state index contributed by atoms with van der Waals surface area (Å²) >= 11 is 0. The quantitative estimate of drug-likeness (QED) is 0.396. The molecule has 0 radical (unpaired) electrons. The van der Waals surface area contributed by atoms with Gasteiger partial charge in [0.2, 0.25) is 5.91 Å². The number of amides is 2. The van der Waals surface area contributed by atoms with E-state index in [9.17, 15) is 14.4 Å². The summed E-state index contributed by atoms with van der Waals surface area (Å²) in [6.45, 7) is 7.30. The first-order valence-corrected chi connectivity index (χ1v) is 11.1. The van der Waals surface area contributed by atoms with Crippen LogP contribution in [0.25, 0.3) is 22.3 Å². The van der Waals surface area contributed by atoms with E-state index in [0.717, 1.165) is 23.1 Å². The monoisotopic (exact) mass is 454 g/mol. The Morgan fingerprint density at radius 2 is 1.65 bits per heavy atom. The molecule has 34 heavy (non-hydrogen) atoms. The summed E-state index contributed by atoms with van der Waals surface area (Å²) in [6.07, 6.45) is 0.731. The summed E-state index contributed by atoms with van der Waals surface area (Å²) in [5, 5.41) is 6.23. The lowest BCUT2D eigenvalue weighted by Gasteiger charge is -2.13. The van der Waals surface area contributed by atoms with Crippen molar-refractivity contribution >= 4 is 34.2 Å². The zero-order chi connectivity index (χ0) is 24.4. The number of fused-ring (bicyclic) bond motifs is 1. The first-order chi connectivity index (χ1) is 16.2. The highest BCUT2D eigenvalue weighted by atomic mass is 16.3. The maximum atomic E-state index is 12.9. The minimum Gasteiger partial charge on any atom is -0.456 e. The van der Waals surface area contributed by atoms with Crippen LogP contribution in [0.15, 0.2) is 69.9 Å². The zero-order valence-electron chi connectivity index (χ0n) is 19.6. The van der Waals surface area contributed by atoms with Gasteiger partial charge in [-0.2, -0.15) is 0 Å². The second kappa shape index (κ2) is 9.35. The van der Waals surface area contributed by atoms with Crippen LogP contribution in [0.4, 0.5) is 11.4 Å². The van der Waals surface area contributed by atoms with Crippen molar-refractivity contribution in [2.45, 2.75) is 34.1 Å². The molecule has 6 heteroatoms. The summed E-state index contributed by atoms with van der Waals surface area (Å²) in [4.78, 5) is 36.9. The van der Waals surface area contributed by atoms with Crippen LogP contribution in [0.3, 0.4) is 0 Å². The van der Waals surface area contributed by atoms with E-state index < -0.39 is 0 Å². The van der Waals surface area contributed by atoms with E-state index in [2.05, 4.69) is 10.6 Å². The molecule has 0 atom stereocenters. The van der Waals surface area contributed by atoms with Gasteiger partial charge in [0.15, 0.2) is 5.43 Å². The van der Waals surface area contributed by atoms with Crippen molar-refractivity contribution in [2.75, 3.05) is 10.6 Å². The van der Waals surface area contributed by atoms with Crippen molar-refractivity contribution in [1.82, 2.24) is 0 Å². The van der Waals surface area contributed by atoms with Gasteiger partial charge >= 0.3 is 0 Å². The smallest absolute Gasteiger partial charge is 0.255 e. The number of nitrogens with one attached hydrogen (secondary N) is 2. The minimum atomic E-state index is -0.271. The second-order valence-corrected chi connectivity index (χ2v) is 8.37. The number of rotatable bonds is 5. The largest absolute Gasteiger partial charge is 0.456 e. The van der Waals surface area contributed by atoms with E-state index in [1.165, 1.54) is 13.0 Å². The first-order valence-electron chi connectivity index (χ1n) is 11.1. The molecule has 0 aliphatic heterocycles. The third-order valence-electron chi connectivity index (χ3n) is 5.65. The number of hydrogen-bond donors (Lipinski definition) is 2. The van der Waals surface area contributed by atoms with E-state index >= 15 is 0 Å². The standard InChI is InChI=1S/C28H26N2O4/c1-5-19-10-11-22(29-18(4)31)14-24(19)30-28(33)21-8-6-20(7-9-21)26-15-25(32)23-13-16(2)12-17(3)27(23)34-26/h6-15H,5H2,1-4H3,(H,29,31)(H,30,33). The average molecular weight is 455 g/mol. The Morgan fingerprint density at radius 3 is 2.32 bits per heavy atom. The number of anilines is 2. The van der Waals surface area contributed by atoms with Gasteiger partial charge in [-0.25, -0.2) is 0 Å². The van der Waals surface area contributed by atoms with E-state index in [1.807, 2.05) is 45.0 Å². The lowest BCUT2D eigenvalue weighted by Crippen LogP contribution is -2.14. The molecular formula is C28H26N2O4. The fraction of sp³-hybridized carbons (Fsp3) is 0.179. The summed E-state index contributed by atoms with van der Waals surface area (Å²) < 4.78 is 6.05. The van der Waals surface area contributed by atoms with E-state index in [-0.39, 0.29) is 17.2 Å². The summed E-state index contributed by atoms with van der Waals surface area (Å²) in [6, 6.07) is 17.6. The van der Waals surface area contributed by atoms with Crippen molar-refractivity contribution in [1.29, 1.82) is 0 Å². The molecule has 2 N–H and O–H groups in total. The predicted molar refractivity (Wildman–Crippen MR) is 135 cm³/mol. The van der Waals surface area contributed by atoms with Gasteiger partial charge in [0.1, 0.15) is 11.3 Å². The normalized spacial score (nSPS) is 10.8. The lowest BCUT2D eigenvalue weighted by molar-refractivity contribution is -0.114. The Hall–Kier alpha value is -4.19.